The molecule has 2 unspecified atom stereocenters. The van der Waals surface area contributed by atoms with Gasteiger partial charge in [0.15, 0.2) is 11.5 Å². The lowest BCUT2D eigenvalue weighted by atomic mass is 10.1. The molecule has 2 amide bonds. The van der Waals surface area contributed by atoms with Crippen molar-refractivity contribution in [2.24, 2.45) is 13.0 Å². The minimum atomic E-state index is -0.261. The van der Waals surface area contributed by atoms with Crippen LogP contribution in [-0.4, -0.2) is 64.4 Å². The minimum absolute atomic E-state index is 0.0158. The largest absolute Gasteiger partial charge is 0.454 e. The minimum Gasteiger partial charge on any atom is -0.454 e. The van der Waals surface area contributed by atoms with E-state index in [1.54, 1.807) is 4.90 Å². The number of piperazine rings is 1. The lowest BCUT2D eigenvalue weighted by Crippen LogP contribution is -2.51. The van der Waals surface area contributed by atoms with Gasteiger partial charge in [-0.1, -0.05) is 6.07 Å². The number of hydrogen-bond donors (Lipinski definition) is 0. The zero-order chi connectivity index (χ0) is 20.8. The molecule has 1 aromatic carbocycles. The Bertz CT molecular complexity index is 1070. The van der Waals surface area contributed by atoms with Crippen molar-refractivity contribution in [1.29, 1.82) is 0 Å². The number of rotatable bonds is 3. The number of carbonyl (C=O) groups excluding carboxylic acids is 2. The molecule has 3 aliphatic rings. The van der Waals surface area contributed by atoms with Crippen molar-refractivity contribution in [3.63, 3.8) is 0 Å². The SMILES string of the molecule is Cn1nc(C(=O)N2CCN(C(=O)C3CC3c3ccc4c(c3)OCO4)CC2)ccc1=O. The molecule has 9 nitrogen and oxygen atoms in total. The van der Waals surface area contributed by atoms with Crippen LogP contribution in [0.1, 0.15) is 28.4 Å². The summed E-state index contributed by atoms with van der Waals surface area (Å²) >= 11 is 0. The zero-order valence-electron chi connectivity index (χ0n) is 16.6. The number of amides is 2. The summed E-state index contributed by atoms with van der Waals surface area (Å²) in [5.74, 6) is 1.60. The van der Waals surface area contributed by atoms with E-state index in [1.165, 1.54) is 19.2 Å². The van der Waals surface area contributed by atoms with Crippen molar-refractivity contribution < 1.29 is 19.1 Å². The third-order valence-corrected chi connectivity index (χ3v) is 5.99. The van der Waals surface area contributed by atoms with Crippen LogP contribution in [0.25, 0.3) is 0 Å². The number of ether oxygens (including phenoxy) is 2. The highest BCUT2D eigenvalue weighted by Gasteiger charge is 2.46. The van der Waals surface area contributed by atoms with Crippen molar-refractivity contribution in [3.05, 3.63) is 51.9 Å². The molecule has 1 saturated carbocycles. The molecule has 0 bridgehead atoms. The van der Waals surface area contributed by atoms with Gasteiger partial charge in [-0.3, -0.25) is 14.4 Å². The van der Waals surface area contributed by atoms with Crippen LogP contribution in [0.4, 0.5) is 0 Å². The van der Waals surface area contributed by atoms with Crippen LogP contribution in [0, 0.1) is 5.92 Å². The molecule has 30 heavy (non-hydrogen) atoms. The summed E-state index contributed by atoms with van der Waals surface area (Å²) in [6.45, 7) is 2.15. The number of hydrogen-bond acceptors (Lipinski definition) is 6. The molecule has 1 aromatic heterocycles. The Balaban J connectivity index is 1.18. The highest BCUT2D eigenvalue weighted by Crippen LogP contribution is 2.50. The molecule has 2 aliphatic heterocycles. The lowest BCUT2D eigenvalue weighted by Gasteiger charge is -2.34. The van der Waals surface area contributed by atoms with Gasteiger partial charge in [0.25, 0.3) is 11.5 Å². The van der Waals surface area contributed by atoms with Crippen molar-refractivity contribution >= 4 is 11.8 Å². The van der Waals surface area contributed by atoms with Gasteiger partial charge in [-0.25, -0.2) is 4.68 Å². The quantitative estimate of drug-likeness (QED) is 0.736. The second-order valence-corrected chi connectivity index (χ2v) is 7.86. The van der Waals surface area contributed by atoms with Gasteiger partial charge in [-0.05, 0) is 36.1 Å². The van der Waals surface area contributed by atoms with Gasteiger partial charge in [-0.2, -0.15) is 5.10 Å². The number of carbonyl (C=O) groups is 2. The van der Waals surface area contributed by atoms with E-state index in [-0.39, 0.29) is 41.7 Å². The molecule has 2 aromatic rings. The summed E-state index contributed by atoms with van der Waals surface area (Å²) in [5.41, 5.74) is 1.08. The van der Waals surface area contributed by atoms with Crippen molar-refractivity contribution in [2.75, 3.05) is 33.0 Å². The van der Waals surface area contributed by atoms with E-state index in [1.807, 2.05) is 23.1 Å². The van der Waals surface area contributed by atoms with E-state index in [4.69, 9.17) is 9.47 Å². The van der Waals surface area contributed by atoms with Gasteiger partial charge < -0.3 is 19.3 Å². The molecule has 0 spiro atoms. The van der Waals surface area contributed by atoms with Gasteiger partial charge in [0.2, 0.25) is 12.7 Å². The molecule has 1 saturated heterocycles. The normalized spacial score (nSPS) is 22.2. The first kappa shape index (κ1) is 18.7. The van der Waals surface area contributed by atoms with Crippen molar-refractivity contribution in [2.45, 2.75) is 12.3 Å². The molecule has 0 radical (unpaired) electrons. The number of nitrogens with zero attached hydrogens (tertiary/aromatic N) is 4. The monoisotopic (exact) mass is 410 g/mol. The maximum atomic E-state index is 12.9. The first-order valence-corrected chi connectivity index (χ1v) is 10.0. The van der Waals surface area contributed by atoms with Gasteiger partial charge >= 0.3 is 0 Å². The second-order valence-electron chi connectivity index (χ2n) is 7.86. The number of aryl methyl sites for hydroxylation is 1. The van der Waals surface area contributed by atoms with Crippen LogP contribution in [0.2, 0.25) is 0 Å². The fraction of sp³-hybridized carbons (Fsp3) is 0.429. The second kappa shape index (κ2) is 7.16. The maximum absolute atomic E-state index is 12.9. The molecular formula is C21H22N4O5. The highest BCUT2D eigenvalue weighted by molar-refractivity contribution is 5.92. The van der Waals surface area contributed by atoms with Crippen LogP contribution >= 0.6 is 0 Å². The molecule has 5 rings (SSSR count). The van der Waals surface area contributed by atoms with Crippen molar-refractivity contribution in [3.8, 4) is 11.5 Å². The van der Waals surface area contributed by atoms with Gasteiger partial charge in [-0.15, -0.1) is 0 Å². The standard InChI is InChI=1S/C21H22N4O5/c1-23-19(26)5-3-16(22-23)21(28)25-8-6-24(7-9-25)20(27)15-11-14(15)13-2-4-17-18(10-13)30-12-29-17/h2-5,10,14-15H,6-9,11-12H2,1H3. The summed E-state index contributed by atoms with van der Waals surface area (Å²) < 4.78 is 11.9. The van der Waals surface area contributed by atoms with Crippen molar-refractivity contribution in [1.82, 2.24) is 19.6 Å². The maximum Gasteiger partial charge on any atom is 0.274 e. The first-order valence-electron chi connectivity index (χ1n) is 10.0. The Morgan fingerprint density at radius 3 is 2.50 bits per heavy atom. The Morgan fingerprint density at radius 1 is 1.00 bits per heavy atom. The fourth-order valence-electron chi connectivity index (χ4n) is 4.12. The molecule has 9 heteroatoms. The molecule has 156 valence electrons. The molecule has 2 atom stereocenters. The van der Waals surface area contributed by atoms with Crippen LogP contribution in [0.3, 0.4) is 0 Å². The Kier molecular flexibility index (Phi) is 4.45. The summed E-state index contributed by atoms with van der Waals surface area (Å²) in [4.78, 5) is 40.5. The molecule has 1 aliphatic carbocycles. The van der Waals surface area contributed by atoms with Crippen LogP contribution in [0.15, 0.2) is 35.1 Å². The van der Waals surface area contributed by atoms with Gasteiger partial charge in [0.05, 0.1) is 0 Å². The van der Waals surface area contributed by atoms with Crippen LogP contribution < -0.4 is 15.0 Å². The molecule has 2 fully saturated rings. The van der Waals surface area contributed by atoms with E-state index in [9.17, 15) is 14.4 Å². The first-order chi connectivity index (χ1) is 14.5. The average Bonchev–Trinajstić information content (AvgIpc) is 3.43. The third kappa shape index (κ3) is 3.30. The summed E-state index contributed by atoms with van der Waals surface area (Å²) in [6.07, 6.45) is 0.833. The number of aromatic nitrogens is 2. The highest BCUT2D eigenvalue weighted by atomic mass is 16.7. The average molecular weight is 410 g/mol. The summed E-state index contributed by atoms with van der Waals surface area (Å²) in [6, 6.07) is 8.65. The van der Waals surface area contributed by atoms with E-state index >= 15 is 0 Å². The zero-order valence-corrected chi connectivity index (χ0v) is 16.6. The predicted molar refractivity (Wildman–Crippen MR) is 105 cm³/mol. The summed E-state index contributed by atoms with van der Waals surface area (Å²) in [5, 5.41) is 4.02. The van der Waals surface area contributed by atoms with Crippen LogP contribution in [-0.2, 0) is 11.8 Å². The lowest BCUT2D eigenvalue weighted by molar-refractivity contribution is -0.134. The Hall–Kier alpha value is -3.36. The number of benzene rings is 1. The Morgan fingerprint density at radius 2 is 1.73 bits per heavy atom. The van der Waals surface area contributed by atoms with E-state index in [2.05, 4.69) is 5.10 Å². The molecular weight excluding hydrogens is 388 g/mol. The smallest absolute Gasteiger partial charge is 0.274 e. The predicted octanol–water partition coefficient (Wildman–Crippen LogP) is 0.597. The van der Waals surface area contributed by atoms with Gasteiger partial charge in [0.1, 0.15) is 5.69 Å². The van der Waals surface area contributed by atoms with Gasteiger partial charge in [0, 0.05) is 45.2 Å². The summed E-state index contributed by atoms with van der Waals surface area (Å²) in [7, 11) is 1.52. The van der Waals surface area contributed by atoms with E-state index in [0.29, 0.717) is 26.2 Å². The number of fused-ring (bicyclic) bond motifs is 1. The molecule has 0 N–H and O–H groups in total. The Labute approximate surface area is 172 Å². The molecule has 3 heterocycles. The van der Waals surface area contributed by atoms with E-state index < -0.39 is 0 Å². The topological polar surface area (TPSA) is 94.0 Å². The third-order valence-electron chi connectivity index (χ3n) is 5.99. The fourth-order valence-corrected chi connectivity index (χ4v) is 4.12. The van der Waals surface area contributed by atoms with Crippen LogP contribution in [0.5, 0.6) is 11.5 Å². The van der Waals surface area contributed by atoms with E-state index in [0.717, 1.165) is 28.2 Å².